The normalized spacial score (nSPS) is 11.9. The molecule has 7 heteroatoms. The number of methoxy groups -OCH3 is 1. The molecule has 0 saturated carbocycles. The van der Waals surface area contributed by atoms with Gasteiger partial charge in [-0.3, -0.25) is 0 Å². The second-order valence-electron chi connectivity index (χ2n) is 2.83. The van der Waals surface area contributed by atoms with Crippen LogP contribution in [0, 0.1) is 0 Å². The Morgan fingerprint density at radius 3 is 2.80 bits per heavy atom. The average molecular weight is 247 g/mol. The summed E-state index contributed by atoms with van der Waals surface area (Å²) < 4.78 is 27.6. The minimum Gasteiger partial charge on any atom is -0.495 e. The van der Waals surface area contributed by atoms with Gasteiger partial charge >= 0.3 is 0 Å². The molecule has 0 atom stereocenters. The van der Waals surface area contributed by atoms with Crippen LogP contribution in [-0.2, 0) is 9.05 Å². The summed E-state index contributed by atoms with van der Waals surface area (Å²) in [5, 5.41) is 0. The van der Waals surface area contributed by atoms with Gasteiger partial charge in [-0.1, -0.05) is 0 Å². The molecule has 0 radical (unpaired) electrons. The van der Waals surface area contributed by atoms with Crippen molar-refractivity contribution < 1.29 is 13.2 Å². The first kappa shape index (κ1) is 10.3. The van der Waals surface area contributed by atoms with Crippen LogP contribution in [0.2, 0.25) is 0 Å². The third-order valence-electron chi connectivity index (χ3n) is 1.97. The molecule has 0 unspecified atom stereocenters. The van der Waals surface area contributed by atoms with E-state index in [2.05, 4.69) is 9.97 Å². The number of ether oxygens (including phenoxy) is 1. The smallest absolute Gasteiger partial charge is 0.267 e. The highest BCUT2D eigenvalue weighted by Gasteiger charge is 2.21. The molecule has 0 aliphatic heterocycles. The van der Waals surface area contributed by atoms with E-state index < -0.39 is 9.05 Å². The number of aromatic nitrogens is 2. The summed E-state index contributed by atoms with van der Waals surface area (Å²) in [5.41, 5.74) is 0.874. The Morgan fingerprint density at radius 1 is 1.47 bits per heavy atom. The lowest BCUT2D eigenvalue weighted by Crippen LogP contribution is -1.97. The quantitative estimate of drug-likeness (QED) is 0.815. The van der Waals surface area contributed by atoms with Crippen LogP contribution in [0.5, 0.6) is 5.75 Å². The molecule has 1 N–H and O–H groups in total. The minimum atomic E-state index is -3.88. The van der Waals surface area contributed by atoms with Gasteiger partial charge in [-0.25, -0.2) is 13.4 Å². The Morgan fingerprint density at radius 2 is 2.20 bits per heavy atom. The standard InChI is InChI=1S/C8H7ClN2O3S/c1-14-6-3-2-5-7(11-4-10-5)8(6)15(9,12)13/h2-4H,1H3,(H,10,11). The summed E-state index contributed by atoms with van der Waals surface area (Å²) >= 11 is 0. The fourth-order valence-corrected chi connectivity index (χ4v) is 2.59. The molecule has 80 valence electrons. The fraction of sp³-hybridized carbons (Fsp3) is 0.125. The van der Waals surface area contributed by atoms with Gasteiger partial charge in [-0.15, -0.1) is 0 Å². The molecule has 2 rings (SSSR count). The average Bonchev–Trinajstić information content (AvgIpc) is 2.61. The maximum atomic E-state index is 11.4. The number of benzene rings is 1. The lowest BCUT2D eigenvalue weighted by Gasteiger charge is -2.05. The van der Waals surface area contributed by atoms with E-state index >= 15 is 0 Å². The van der Waals surface area contributed by atoms with Gasteiger partial charge in [0, 0.05) is 10.7 Å². The van der Waals surface area contributed by atoms with Crippen molar-refractivity contribution in [1.29, 1.82) is 0 Å². The number of halogens is 1. The Labute approximate surface area is 90.5 Å². The van der Waals surface area contributed by atoms with Gasteiger partial charge in [0.05, 0.1) is 19.0 Å². The van der Waals surface area contributed by atoms with Crippen LogP contribution in [-0.4, -0.2) is 25.5 Å². The third kappa shape index (κ3) is 1.66. The van der Waals surface area contributed by atoms with Gasteiger partial charge in [0.2, 0.25) is 0 Å². The second-order valence-corrected chi connectivity index (χ2v) is 5.34. The van der Waals surface area contributed by atoms with Gasteiger partial charge in [0.15, 0.2) is 4.90 Å². The summed E-state index contributed by atoms with van der Waals surface area (Å²) in [7, 11) is 2.81. The first-order valence-electron chi connectivity index (χ1n) is 3.99. The van der Waals surface area contributed by atoms with Crippen molar-refractivity contribution in [3.8, 4) is 5.75 Å². The number of rotatable bonds is 2. The van der Waals surface area contributed by atoms with Crippen LogP contribution < -0.4 is 4.74 Å². The molecule has 5 nitrogen and oxygen atoms in total. The molecular formula is C8H7ClN2O3S. The molecule has 2 aromatic rings. The molecule has 0 aliphatic carbocycles. The van der Waals surface area contributed by atoms with Gasteiger partial charge in [0.1, 0.15) is 11.3 Å². The summed E-state index contributed by atoms with van der Waals surface area (Å²) in [4.78, 5) is 6.58. The Bertz CT molecular complexity index is 605. The molecule has 15 heavy (non-hydrogen) atoms. The van der Waals surface area contributed by atoms with Crippen molar-refractivity contribution in [2.75, 3.05) is 7.11 Å². The highest BCUT2D eigenvalue weighted by molar-refractivity contribution is 8.14. The molecule has 1 heterocycles. The van der Waals surface area contributed by atoms with Crippen molar-refractivity contribution in [1.82, 2.24) is 9.97 Å². The largest absolute Gasteiger partial charge is 0.495 e. The van der Waals surface area contributed by atoms with Crippen LogP contribution >= 0.6 is 10.7 Å². The molecule has 1 aromatic heterocycles. The molecule has 0 fully saturated rings. The predicted octanol–water partition coefficient (Wildman–Crippen LogP) is 1.50. The zero-order valence-electron chi connectivity index (χ0n) is 7.69. The van der Waals surface area contributed by atoms with Crippen molar-refractivity contribution in [3.05, 3.63) is 18.5 Å². The van der Waals surface area contributed by atoms with Crippen molar-refractivity contribution in [2.45, 2.75) is 4.90 Å². The topological polar surface area (TPSA) is 72.0 Å². The van der Waals surface area contributed by atoms with E-state index in [9.17, 15) is 8.42 Å². The number of fused-ring (bicyclic) bond motifs is 1. The molecule has 0 spiro atoms. The maximum Gasteiger partial charge on any atom is 0.267 e. The van der Waals surface area contributed by atoms with Crippen molar-refractivity contribution in [3.63, 3.8) is 0 Å². The number of hydrogen-bond acceptors (Lipinski definition) is 4. The first-order valence-corrected chi connectivity index (χ1v) is 6.29. The van der Waals surface area contributed by atoms with Gasteiger partial charge < -0.3 is 9.72 Å². The summed E-state index contributed by atoms with van der Waals surface area (Å²) in [6, 6.07) is 3.20. The molecule has 1 aromatic carbocycles. The molecule has 0 aliphatic rings. The number of nitrogens with one attached hydrogen (secondary N) is 1. The van der Waals surface area contributed by atoms with E-state index in [-0.39, 0.29) is 16.2 Å². The van der Waals surface area contributed by atoms with Gasteiger partial charge in [0.25, 0.3) is 9.05 Å². The summed E-state index contributed by atoms with van der Waals surface area (Å²) in [5.74, 6) is 0.185. The Hall–Kier alpha value is -1.27. The molecule has 0 saturated heterocycles. The maximum absolute atomic E-state index is 11.4. The molecule has 0 amide bonds. The van der Waals surface area contributed by atoms with Gasteiger partial charge in [-0.05, 0) is 12.1 Å². The van der Waals surface area contributed by atoms with Crippen LogP contribution in [0.15, 0.2) is 23.4 Å². The van der Waals surface area contributed by atoms with E-state index in [1.165, 1.54) is 19.5 Å². The summed E-state index contributed by atoms with van der Waals surface area (Å²) in [6.45, 7) is 0. The number of nitrogens with zero attached hydrogens (tertiary/aromatic N) is 1. The minimum absolute atomic E-state index is 0.106. The van der Waals surface area contributed by atoms with Crippen LogP contribution in [0.1, 0.15) is 0 Å². The zero-order valence-corrected chi connectivity index (χ0v) is 9.26. The SMILES string of the molecule is COc1ccc2[nH]cnc2c1S(=O)(=O)Cl. The van der Waals surface area contributed by atoms with Crippen LogP contribution in [0.4, 0.5) is 0 Å². The van der Waals surface area contributed by atoms with Gasteiger partial charge in [-0.2, -0.15) is 0 Å². The molecule has 0 bridgehead atoms. The zero-order chi connectivity index (χ0) is 11.1. The Balaban J connectivity index is 2.93. The summed E-state index contributed by atoms with van der Waals surface area (Å²) in [6.07, 6.45) is 1.40. The van der Waals surface area contributed by atoms with E-state index in [0.29, 0.717) is 5.52 Å². The lowest BCUT2D eigenvalue weighted by atomic mass is 10.3. The predicted molar refractivity (Wildman–Crippen MR) is 55.7 cm³/mol. The fourth-order valence-electron chi connectivity index (χ4n) is 1.36. The number of hydrogen-bond donors (Lipinski definition) is 1. The lowest BCUT2D eigenvalue weighted by molar-refractivity contribution is 0.404. The monoisotopic (exact) mass is 246 g/mol. The second kappa shape index (κ2) is 3.39. The van der Waals surface area contributed by atoms with E-state index in [4.69, 9.17) is 15.4 Å². The van der Waals surface area contributed by atoms with Crippen molar-refractivity contribution in [2.24, 2.45) is 0 Å². The number of imidazole rings is 1. The number of aromatic amines is 1. The van der Waals surface area contributed by atoms with Crippen LogP contribution in [0.25, 0.3) is 11.0 Å². The van der Waals surface area contributed by atoms with E-state index in [0.717, 1.165) is 0 Å². The highest BCUT2D eigenvalue weighted by atomic mass is 35.7. The molecular weight excluding hydrogens is 240 g/mol. The third-order valence-corrected chi connectivity index (χ3v) is 3.32. The Kier molecular flexibility index (Phi) is 2.32. The van der Waals surface area contributed by atoms with E-state index in [1.54, 1.807) is 6.07 Å². The van der Waals surface area contributed by atoms with E-state index in [1.807, 2.05) is 0 Å². The van der Waals surface area contributed by atoms with Crippen LogP contribution in [0.3, 0.4) is 0 Å². The first-order chi connectivity index (χ1) is 7.04. The van der Waals surface area contributed by atoms with Crippen molar-refractivity contribution >= 4 is 30.8 Å². The highest BCUT2D eigenvalue weighted by Crippen LogP contribution is 2.32. The number of H-pyrrole nitrogens is 1.